The Hall–Kier alpha value is -2.93. The van der Waals surface area contributed by atoms with Crippen LogP contribution in [0.2, 0.25) is 0 Å². The summed E-state index contributed by atoms with van der Waals surface area (Å²) in [5.74, 6) is 2.83. The maximum Gasteiger partial charge on any atom is 0.254 e. The molecule has 30 heavy (non-hydrogen) atoms. The van der Waals surface area contributed by atoms with Gasteiger partial charge in [-0.15, -0.1) is 0 Å². The molecule has 3 heterocycles. The maximum atomic E-state index is 13.4. The van der Waals surface area contributed by atoms with Gasteiger partial charge in [-0.1, -0.05) is 6.07 Å². The van der Waals surface area contributed by atoms with Gasteiger partial charge < -0.3 is 28.7 Å². The van der Waals surface area contributed by atoms with Crippen molar-refractivity contribution in [3.63, 3.8) is 0 Å². The molecule has 0 aromatic heterocycles. The second-order valence-corrected chi connectivity index (χ2v) is 7.98. The largest absolute Gasteiger partial charge is 0.486 e. The minimum atomic E-state index is 0.00165. The summed E-state index contributed by atoms with van der Waals surface area (Å²) in [5.41, 5.74) is 1.65. The number of amides is 1. The summed E-state index contributed by atoms with van der Waals surface area (Å²) >= 11 is 0. The van der Waals surface area contributed by atoms with E-state index in [0.29, 0.717) is 43.4 Å². The summed E-state index contributed by atoms with van der Waals surface area (Å²) in [6.45, 7) is 5.89. The van der Waals surface area contributed by atoms with Gasteiger partial charge in [0.25, 0.3) is 5.91 Å². The normalized spacial score (nSPS) is 17.2. The maximum absolute atomic E-state index is 13.4. The van der Waals surface area contributed by atoms with Crippen LogP contribution in [-0.2, 0) is 6.54 Å². The lowest BCUT2D eigenvalue weighted by atomic mass is 10.1. The molecule has 3 aliphatic rings. The van der Waals surface area contributed by atoms with Crippen LogP contribution in [0.5, 0.6) is 23.0 Å². The standard InChI is InChI=1S/C23H26N2O5/c26-23(18-4-6-20-22(14-18)30-16-29-20)25(10-9-24-7-1-2-8-24)15-17-3-5-19-21(13-17)28-12-11-27-19/h3-6,13-14H,1-2,7-12,15-16H2/p+1. The molecular formula is C23H27N2O5+. The van der Waals surface area contributed by atoms with Gasteiger partial charge in [0.1, 0.15) is 13.2 Å². The molecule has 1 amide bonds. The molecule has 3 aliphatic heterocycles. The zero-order valence-corrected chi connectivity index (χ0v) is 17.0. The van der Waals surface area contributed by atoms with Gasteiger partial charge in [0.15, 0.2) is 23.0 Å². The SMILES string of the molecule is O=C(c1ccc2c(c1)OCO2)N(CC[NH+]1CCCC1)Cc1ccc2c(c1)OCCO2. The molecule has 0 unspecified atom stereocenters. The van der Waals surface area contributed by atoms with E-state index in [1.807, 2.05) is 35.2 Å². The van der Waals surface area contributed by atoms with Gasteiger partial charge in [0.05, 0.1) is 26.2 Å². The summed E-state index contributed by atoms with van der Waals surface area (Å²) in [6.07, 6.45) is 2.54. The molecule has 0 radical (unpaired) electrons. The Bertz CT molecular complexity index is 926. The highest BCUT2D eigenvalue weighted by Gasteiger charge is 2.24. The second-order valence-electron chi connectivity index (χ2n) is 7.98. The minimum absolute atomic E-state index is 0.00165. The van der Waals surface area contributed by atoms with E-state index in [9.17, 15) is 4.79 Å². The lowest BCUT2D eigenvalue weighted by Gasteiger charge is -2.25. The van der Waals surface area contributed by atoms with Crippen molar-refractivity contribution >= 4 is 5.91 Å². The van der Waals surface area contributed by atoms with Gasteiger partial charge in [-0.2, -0.15) is 0 Å². The van der Waals surface area contributed by atoms with Gasteiger partial charge in [0, 0.05) is 24.9 Å². The van der Waals surface area contributed by atoms with Crippen LogP contribution >= 0.6 is 0 Å². The number of hydrogen-bond acceptors (Lipinski definition) is 5. The van der Waals surface area contributed by atoms with E-state index in [1.165, 1.54) is 25.9 Å². The quantitative estimate of drug-likeness (QED) is 0.781. The number of nitrogens with one attached hydrogen (secondary N) is 1. The van der Waals surface area contributed by atoms with E-state index < -0.39 is 0 Å². The number of carbonyl (C=O) groups is 1. The Balaban J connectivity index is 1.36. The Kier molecular flexibility index (Phi) is 5.36. The first-order valence-electron chi connectivity index (χ1n) is 10.7. The van der Waals surface area contributed by atoms with Crippen molar-refractivity contribution in [2.24, 2.45) is 0 Å². The highest BCUT2D eigenvalue weighted by molar-refractivity contribution is 5.95. The average molecular weight is 411 g/mol. The highest BCUT2D eigenvalue weighted by atomic mass is 16.7. The van der Waals surface area contributed by atoms with Gasteiger partial charge in [-0.25, -0.2) is 0 Å². The Morgan fingerprint density at radius 2 is 1.57 bits per heavy atom. The number of ether oxygens (including phenoxy) is 4. The molecule has 7 nitrogen and oxygen atoms in total. The molecule has 2 aromatic carbocycles. The van der Waals surface area contributed by atoms with Crippen LogP contribution in [0.1, 0.15) is 28.8 Å². The first-order valence-corrected chi connectivity index (χ1v) is 10.7. The number of likely N-dealkylation sites (tertiary alicyclic amines) is 1. The molecule has 0 bridgehead atoms. The summed E-state index contributed by atoms with van der Waals surface area (Å²) < 4.78 is 22.2. The second kappa shape index (κ2) is 8.44. The Morgan fingerprint density at radius 3 is 2.43 bits per heavy atom. The molecule has 158 valence electrons. The van der Waals surface area contributed by atoms with E-state index in [-0.39, 0.29) is 12.7 Å². The molecule has 0 spiro atoms. The molecule has 1 fully saturated rings. The first-order chi connectivity index (χ1) is 14.8. The zero-order chi connectivity index (χ0) is 20.3. The van der Waals surface area contributed by atoms with E-state index in [1.54, 1.807) is 11.0 Å². The molecule has 1 saturated heterocycles. The number of quaternary nitrogens is 1. The molecule has 7 heteroatoms. The van der Waals surface area contributed by atoms with Crippen molar-refractivity contribution in [1.82, 2.24) is 4.90 Å². The smallest absolute Gasteiger partial charge is 0.254 e. The number of fused-ring (bicyclic) bond motifs is 2. The Morgan fingerprint density at radius 1 is 0.867 bits per heavy atom. The van der Waals surface area contributed by atoms with Crippen molar-refractivity contribution < 1.29 is 28.6 Å². The zero-order valence-electron chi connectivity index (χ0n) is 17.0. The van der Waals surface area contributed by atoms with E-state index in [4.69, 9.17) is 18.9 Å². The number of carbonyl (C=O) groups excluding carboxylic acids is 1. The summed E-state index contributed by atoms with van der Waals surface area (Å²) in [5, 5.41) is 0. The average Bonchev–Trinajstić information content (AvgIpc) is 3.47. The van der Waals surface area contributed by atoms with E-state index in [0.717, 1.165) is 23.6 Å². The molecular weight excluding hydrogens is 384 g/mol. The lowest BCUT2D eigenvalue weighted by molar-refractivity contribution is -0.886. The van der Waals surface area contributed by atoms with Crippen molar-refractivity contribution in [2.75, 3.05) is 46.2 Å². The molecule has 0 aliphatic carbocycles. The topological polar surface area (TPSA) is 61.7 Å². The van der Waals surface area contributed by atoms with E-state index in [2.05, 4.69) is 0 Å². The van der Waals surface area contributed by atoms with Crippen molar-refractivity contribution in [3.05, 3.63) is 47.5 Å². The summed E-state index contributed by atoms with van der Waals surface area (Å²) in [4.78, 5) is 16.9. The van der Waals surface area contributed by atoms with Gasteiger partial charge in [0.2, 0.25) is 6.79 Å². The number of rotatable bonds is 6. The van der Waals surface area contributed by atoms with Crippen LogP contribution in [0.4, 0.5) is 0 Å². The van der Waals surface area contributed by atoms with E-state index >= 15 is 0 Å². The fourth-order valence-corrected chi connectivity index (χ4v) is 4.29. The molecule has 5 rings (SSSR count). The lowest BCUT2D eigenvalue weighted by Crippen LogP contribution is -3.10. The number of nitrogens with zero attached hydrogens (tertiary/aromatic N) is 1. The molecule has 0 saturated carbocycles. The van der Waals surface area contributed by atoms with Gasteiger partial charge in [-0.05, 0) is 35.9 Å². The third kappa shape index (κ3) is 4.03. The highest BCUT2D eigenvalue weighted by Crippen LogP contribution is 2.33. The van der Waals surface area contributed by atoms with Crippen LogP contribution in [0, 0.1) is 0 Å². The monoisotopic (exact) mass is 411 g/mol. The minimum Gasteiger partial charge on any atom is -0.486 e. The van der Waals surface area contributed by atoms with Crippen molar-refractivity contribution in [2.45, 2.75) is 19.4 Å². The van der Waals surface area contributed by atoms with Crippen LogP contribution < -0.4 is 23.8 Å². The summed E-state index contributed by atoms with van der Waals surface area (Å²) in [7, 11) is 0. The summed E-state index contributed by atoms with van der Waals surface area (Å²) in [6, 6.07) is 11.3. The predicted molar refractivity (Wildman–Crippen MR) is 110 cm³/mol. The third-order valence-electron chi connectivity index (χ3n) is 5.93. The number of hydrogen-bond donors (Lipinski definition) is 1. The van der Waals surface area contributed by atoms with Crippen LogP contribution in [-0.4, -0.2) is 57.0 Å². The predicted octanol–water partition coefficient (Wildman–Crippen LogP) is 1.51. The molecule has 2 aromatic rings. The molecule has 0 atom stereocenters. The number of benzene rings is 2. The van der Waals surface area contributed by atoms with Crippen molar-refractivity contribution in [1.29, 1.82) is 0 Å². The Labute approximate surface area is 176 Å². The third-order valence-corrected chi connectivity index (χ3v) is 5.93. The van der Waals surface area contributed by atoms with Gasteiger partial charge >= 0.3 is 0 Å². The van der Waals surface area contributed by atoms with Crippen LogP contribution in [0.25, 0.3) is 0 Å². The van der Waals surface area contributed by atoms with Crippen LogP contribution in [0.3, 0.4) is 0 Å². The fourth-order valence-electron chi connectivity index (χ4n) is 4.29. The van der Waals surface area contributed by atoms with Gasteiger partial charge in [-0.3, -0.25) is 4.79 Å². The van der Waals surface area contributed by atoms with Crippen molar-refractivity contribution in [3.8, 4) is 23.0 Å². The van der Waals surface area contributed by atoms with Crippen LogP contribution in [0.15, 0.2) is 36.4 Å². The first kappa shape index (κ1) is 19.1. The molecule has 1 N–H and O–H groups in total. The fraction of sp³-hybridized carbons (Fsp3) is 0.435.